The van der Waals surface area contributed by atoms with Gasteiger partial charge in [-0.2, -0.15) is 0 Å². The molecular weight excluding hydrogens is 422 g/mol. The first kappa shape index (κ1) is 27.2. The Morgan fingerprint density at radius 2 is 1.39 bits per heavy atom. The maximum atomic E-state index is 12.2. The van der Waals surface area contributed by atoms with Crippen LogP contribution in [-0.4, -0.2) is 81.5 Å². The number of nitrogens with one attached hydrogen (secondary N) is 3. The van der Waals surface area contributed by atoms with Crippen molar-refractivity contribution in [3.8, 4) is 0 Å². The summed E-state index contributed by atoms with van der Waals surface area (Å²) in [6, 6.07) is -4.39. The second-order valence-corrected chi connectivity index (χ2v) is 6.38. The molecule has 10 N–H and O–H groups in total. The molecule has 0 fully saturated rings. The van der Waals surface area contributed by atoms with E-state index >= 15 is 0 Å². The van der Waals surface area contributed by atoms with Gasteiger partial charge in [0.1, 0.15) is 12.1 Å². The highest BCUT2D eigenvalue weighted by molar-refractivity contribution is 5.94. The molecule has 0 saturated carbocycles. The highest BCUT2D eigenvalue weighted by Crippen LogP contribution is 2.00. The Labute approximate surface area is 175 Å². The molecule has 0 saturated heterocycles. The molecule has 15 heteroatoms. The number of amides is 4. The van der Waals surface area contributed by atoms with Gasteiger partial charge in [-0.1, -0.05) is 0 Å². The number of nitrogens with two attached hydrogens (primary N) is 2. The molecule has 0 aromatic rings. The smallest absolute Gasteiger partial charge is 0.326 e. The summed E-state index contributed by atoms with van der Waals surface area (Å²) in [5.41, 5.74) is 10.4. The van der Waals surface area contributed by atoms with Crippen LogP contribution in [0.3, 0.4) is 0 Å². The Bertz CT molecular complexity index is 726. The fraction of sp³-hybridized carbons (Fsp3) is 0.562. The van der Waals surface area contributed by atoms with Crippen LogP contribution in [0.25, 0.3) is 0 Å². The first-order valence-corrected chi connectivity index (χ1v) is 8.91. The maximum absolute atomic E-state index is 12.2. The van der Waals surface area contributed by atoms with Gasteiger partial charge >= 0.3 is 17.9 Å². The number of carboxylic acids is 3. The van der Waals surface area contributed by atoms with E-state index in [1.807, 2.05) is 5.32 Å². The van der Waals surface area contributed by atoms with Gasteiger partial charge in [-0.25, -0.2) is 4.79 Å². The zero-order chi connectivity index (χ0) is 24.1. The van der Waals surface area contributed by atoms with Crippen LogP contribution in [-0.2, 0) is 33.6 Å². The summed E-state index contributed by atoms with van der Waals surface area (Å²) < 4.78 is 0. The van der Waals surface area contributed by atoms with Crippen LogP contribution in [0.1, 0.15) is 32.1 Å². The number of carboxylic acid groups (broad SMARTS) is 3. The van der Waals surface area contributed by atoms with E-state index in [2.05, 4.69) is 10.6 Å². The number of hydrogen-bond donors (Lipinski definition) is 8. The number of hydrogen-bond acceptors (Lipinski definition) is 8. The minimum Gasteiger partial charge on any atom is -0.481 e. The third-order valence-electron chi connectivity index (χ3n) is 3.75. The SMILES string of the molecule is NC(=O)CCC(NC(=O)CNC(=O)C(CC(=O)O)NC(=O)C(N)CCC(=O)O)C(=O)O. The number of rotatable bonds is 15. The lowest BCUT2D eigenvalue weighted by Gasteiger charge is -2.19. The monoisotopic (exact) mass is 447 g/mol. The minimum absolute atomic E-state index is 0.257. The van der Waals surface area contributed by atoms with Crippen LogP contribution in [0.5, 0.6) is 0 Å². The van der Waals surface area contributed by atoms with Gasteiger partial charge < -0.3 is 42.7 Å². The van der Waals surface area contributed by atoms with Crippen LogP contribution in [0.2, 0.25) is 0 Å². The fourth-order valence-electron chi connectivity index (χ4n) is 2.15. The average molecular weight is 447 g/mol. The van der Waals surface area contributed by atoms with E-state index in [0.29, 0.717) is 0 Å². The highest BCUT2D eigenvalue weighted by atomic mass is 16.4. The summed E-state index contributed by atoms with van der Waals surface area (Å²) in [4.78, 5) is 79.2. The molecule has 0 radical (unpaired) electrons. The van der Waals surface area contributed by atoms with Crippen LogP contribution in [0.4, 0.5) is 0 Å². The van der Waals surface area contributed by atoms with Gasteiger partial charge in [0.25, 0.3) is 0 Å². The van der Waals surface area contributed by atoms with Gasteiger partial charge in [-0.3, -0.25) is 28.8 Å². The molecule has 0 aliphatic heterocycles. The predicted octanol–water partition coefficient (Wildman–Crippen LogP) is -3.91. The first-order chi connectivity index (χ1) is 14.3. The van der Waals surface area contributed by atoms with Crippen molar-refractivity contribution in [1.82, 2.24) is 16.0 Å². The standard InChI is InChI=1S/C16H25N5O10/c17-7(1-4-12(24)25)14(28)21-9(5-13(26)27)15(29)19-6-11(23)20-8(16(30)31)2-3-10(18)22/h7-9H,1-6,17H2,(H2,18,22)(H,19,29)(H,20,23)(H,21,28)(H,24,25)(H,26,27)(H,30,31). The van der Waals surface area contributed by atoms with E-state index in [-0.39, 0.29) is 19.3 Å². The molecule has 0 bridgehead atoms. The second-order valence-electron chi connectivity index (χ2n) is 6.38. The van der Waals surface area contributed by atoms with Gasteiger partial charge in [0.15, 0.2) is 0 Å². The molecule has 0 heterocycles. The molecule has 15 nitrogen and oxygen atoms in total. The van der Waals surface area contributed by atoms with E-state index in [1.54, 1.807) is 0 Å². The summed E-state index contributed by atoms with van der Waals surface area (Å²) in [6.07, 6.45) is -2.13. The maximum Gasteiger partial charge on any atom is 0.326 e. The number of primary amides is 1. The molecule has 0 spiro atoms. The Kier molecular flexibility index (Phi) is 11.8. The summed E-state index contributed by atoms with van der Waals surface area (Å²) in [7, 11) is 0. The van der Waals surface area contributed by atoms with E-state index in [0.717, 1.165) is 0 Å². The molecule has 4 amide bonds. The predicted molar refractivity (Wildman–Crippen MR) is 100 cm³/mol. The molecule has 0 aromatic carbocycles. The molecule has 3 unspecified atom stereocenters. The topological polar surface area (TPSA) is 268 Å². The van der Waals surface area contributed by atoms with Crippen molar-refractivity contribution >= 4 is 41.5 Å². The Hall–Kier alpha value is -3.75. The third kappa shape index (κ3) is 12.4. The van der Waals surface area contributed by atoms with Crippen LogP contribution < -0.4 is 27.4 Å². The fourth-order valence-corrected chi connectivity index (χ4v) is 2.15. The van der Waals surface area contributed by atoms with Crippen molar-refractivity contribution in [2.75, 3.05) is 6.54 Å². The molecular formula is C16H25N5O10. The normalized spacial score (nSPS) is 13.2. The lowest BCUT2D eigenvalue weighted by atomic mass is 10.1. The zero-order valence-electron chi connectivity index (χ0n) is 16.3. The van der Waals surface area contributed by atoms with Crippen molar-refractivity contribution in [3.63, 3.8) is 0 Å². The molecule has 0 rings (SSSR count). The Morgan fingerprint density at radius 3 is 1.87 bits per heavy atom. The highest BCUT2D eigenvalue weighted by Gasteiger charge is 2.27. The quantitative estimate of drug-likeness (QED) is 0.120. The average Bonchev–Trinajstić information content (AvgIpc) is 2.65. The minimum atomic E-state index is -1.63. The molecule has 174 valence electrons. The lowest BCUT2D eigenvalue weighted by Crippen LogP contribution is -2.54. The van der Waals surface area contributed by atoms with Crippen molar-refractivity contribution in [2.24, 2.45) is 11.5 Å². The third-order valence-corrected chi connectivity index (χ3v) is 3.75. The van der Waals surface area contributed by atoms with E-state index < -0.39 is 79.0 Å². The number of carbonyl (C=O) groups excluding carboxylic acids is 4. The summed E-state index contributed by atoms with van der Waals surface area (Å²) in [5, 5.41) is 32.7. The van der Waals surface area contributed by atoms with Crippen LogP contribution in [0.15, 0.2) is 0 Å². The number of carbonyl (C=O) groups is 7. The molecule has 31 heavy (non-hydrogen) atoms. The summed E-state index contributed by atoms with van der Waals surface area (Å²) in [5.74, 6) is -7.87. The molecule has 3 atom stereocenters. The van der Waals surface area contributed by atoms with E-state index in [1.165, 1.54) is 0 Å². The van der Waals surface area contributed by atoms with Crippen molar-refractivity contribution in [3.05, 3.63) is 0 Å². The van der Waals surface area contributed by atoms with Gasteiger partial charge in [-0.05, 0) is 12.8 Å². The number of aliphatic carboxylic acids is 3. The van der Waals surface area contributed by atoms with E-state index in [4.69, 9.17) is 26.8 Å². The van der Waals surface area contributed by atoms with Crippen LogP contribution >= 0.6 is 0 Å². The Balaban J connectivity index is 4.85. The van der Waals surface area contributed by atoms with Crippen molar-refractivity contribution in [1.29, 1.82) is 0 Å². The van der Waals surface area contributed by atoms with Crippen molar-refractivity contribution in [2.45, 2.75) is 50.2 Å². The van der Waals surface area contributed by atoms with Crippen LogP contribution in [0, 0.1) is 0 Å². The zero-order valence-corrected chi connectivity index (χ0v) is 16.3. The lowest BCUT2D eigenvalue weighted by molar-refractivity contribution is -0.143. The largest absolute Gasteiger partial charge is 0.481 e. The molecule has 0 aromatic heterocycles. The van der Waals surface area contributed by atoms with Gasteiger partial charge in [0.05, 0.1) is 19.0 Å². The summed E-state index contributed by atoms with van der Waals surface area (Å²) in [6.45, 7) is -0.754. The summed E-state index contributed by atoms with van der Waals surface area (Å²) >= 11 is 0. The molecule has 0 aliphatic carbocycles. The second kappa shape index (κ2) is 13.5. The van der Waals surface area contributed by atoms with Crippen molar-refractivity contribution < 1.29 is 48.9 Å². The van der Waals surface area contributed by atoms with E-state index in [9.17, 15) is 33.6 Å². The Morgan fingerprint density at radius 1 is 0.774 bits per heavy atom. The van der Waals surface area contributed by atoms with Gasteiger partial charge in [-0.15, -0.1) is 0 Å². The molecule has 0 aliphatic rings. The first-order valence-electron chi connectivity index (χ1n) is 8.91. The van der Waals surface area contributed by atoms with Gasteiger partial charge in [0, 0.05) is 12.8 Å². The van der Waals surface area contributed by atoms with Gasteiger partial charge in [0.2, 0.25) is 23.6 Å².